The summed E-state index contributed by atoms with van der Waals surface area (Å²) in [5.74, 6) is 1.03. The second kappa shape index (κ2) is 11.5. The summed E-state index contributed by atoms with van der Waals surface area (Å²) in [7, 11) is 0.0998. The molecule has 1 amide bonds. The van der Waals surface area contributed by atoms with E-state index in [4.69, 9.17) is 9.72 Å². The number of rotatable bonds is 9. The Kier molecular flexibility index (Phi) is 7.86. The molecular weight excluding hydrogens is 552 g/mol. The van der Waals surface area contributed by atoms with Gasteiger partial charge in [-0.3, -0.25) is 9.52 Å². The van der Waals surface area contributed by atoms with E-state index in [1.165, 1.54) is 18.2 Å². The Labute approximate surface area is 244 Å². The molecule has 0 bridgehead atoms. The molecule has 5 aromatic rings. The van der Waals surface area contributed by atoms with Crippen molar-refractivity contribution in [2.24, 2.45) is 0 Å². The number of benzene rings is 3. The number of fused-ring (bicyclic) bond motifs is 1. The highest BCUT2D eigenvalue weighted by Crippen LogP contribution is 2.29. The number of hydrogen-bond acceptors (Lipinski definition) is 7. The van der Waals surface area contributed by atoms with Crippen LogP contribution in [0.3, 0.4) is 0 Å². The first-order valence-corrected chi connectivity index (χ1v) is 14.8. The van der Waals surface area contributed by atoms with Crippen LogP contribution in [-0.4, -0.2) is 50.0 Å². The molecule has 0 aliphatic rings. The predicted octanol–water partition coefficient (Wildman–Crippen LogP) is 5.76. The predicted molar refractivity (Wildman–Crippen MR) is 166 cm³/mol. The van der Waals surface area contributed by atoms with Gasteiger partial charge in [0.05, 0.1) is 33.8 Å². The number of amides is 1. The second-order valence-corrected chi connectivity index (χ2v) is 11.7. The summed E-state index contributed by atoms with van der Waals surface area (Å²) in [6, 6.07) is 20.8. The number of carbonyl (C=O) groups is 1. The third-order valence-electron chi connectivity index (χ3n) is 6.75. The molecule has 11 heteroatoms. The number of hydrogen-bond donors (Lipinski definition) is 3. The normalized spacial score (nSPS) is 11.4. The van der Waals surface area contributed by atoms with Gasteiger partial charge in [0.25, 0.3) is 15.9 Å². The minimum Gasteiger partial charge on any atom is -0.494 e. The van der Waals surface area contributed by atoms with Crippen LogP contribution in [0.4, 0.5) is 17.2 Å². The highest BCUT2D eigenvalue weighted by molar-refractivity contribution is 7.92. The van der Waals surface area contributed by atoms with E-state index >= 15 is 0 Å². The van der Waals surface area contributed by atoms with E-state index in [9.17, 15) is 13.2 Å². The average Bonchev–Trinajstić information content (AvgIpc) is 3.37. The minimum atomic E-state index is -3.88. The molecule has 0 atom stereocenters. The highest BCUT2D eigenvalue weighted by Gasteiger charge is 2.18. The van der Waals surface area contributed by atoms with Crippen molar-refractivity contribution < 1.29 is 17.9 Å². The van der Waals surface area contributed by atoms with Crippen molar-refractivity contribution in [3.05, 3.63) is 89.6 Å². The van der Waals surface area contributed by atoms with Crippen molar-refractivity contribution in [1.82, 2.24) is 15.0 Å². The van der Waals surface area contributed by atoms with Gasteiger partial charge < -0.3 is 19.9 Å². The van der Waals surface area contributed by atoms with E-state index in [0.29, 0.717) is 35.1 Å². The molecule has 0 saturated carbocycles. The number of ether oxygens (including phenoxy) is 1. The van der Waals surface area contributed by atoms with Crippen molar-refractivity contribution in [1.29, 1.82) is 0 Å². The summed E-state index contributed by atoms with van der Waals surface area (Å²) in [4.78, 5) is 27.8. The van der Waals surface area contributed by atoms with E-state index < -0.39 is 10.0 Å². The van der Waals surface area contributed by atoms with Crippen molar-refractivity contribution in [2.45, 2.75) is 25.7 Å². The van der Waals surface area contributed by atoms with E-state index in [1.54, 1.807) is 25.1 Å². The monoisotopic (exact) mass is 584 g/mol. The van der Waals surface area contributed by atoms with Gasteiger partial charge in [-0.25, -0.2) is 18.4 Å². The fraction of sp³-hybridized carbons (Fsp3) is 0.194. The Morgan fingerprint density at radius 3 is 2.40 bits per heavy atom. The SMILES string of the molecule is CCOc1ccc(S(=O)(=O)Nc2ccc(C(=O)Nc3ccc(C)c(-c4nc5ccc(N(C)C)cc5[nH]4)c3)c(C)n2)cc1. The van der Waals surface area contributed by atoms with Crippen molar-refractivity contribution in [3.8, 4) is 17.1 Å². The number of aromatic nitrogens is 3. The number of anilines is 3. The molecule has 2 heterocycles. The standard InChI is InChI=1S/C31H32N6O4S/c1-6-41-23-10-12-24(13-11-23)42(39,40)36-29-16-14-25(20(3)32-29)31(38)33-21-8-7-19(2)26(17-21)30-34-27-15-9-22(37(4)5)18-28(27)35-30/h7-18H,6H2,1-5H3,(H,32,36)(H,33,38)(H,34,35). The van der Waals surface area contributed by atoms with Gasteiger partial charge in [0.15, 0.2) is 0 Å². The van der Waals surface area contributed by atoms with E-state index in [1.807, 2.05) is 69.2 Å². The van der Waals surface area contributed by atoms with Gasteiger partial charge in [-0.2, -0.15) is 0 Å². The zero-order chi connectivity index (χ0) is 30.0. The third kappa shape index (κ3) is 6.06. The van der Waals surface area contributed by atoms with Crippen LogP contribution >= 0.6 is 0 Å². The quantitative estimate of drug-likeness (QED) is 0.201. The fourth-order valence-corrected chi connectivity index (χ4v) is 5.49. The topological polar surface area (TPSA) is 129 Å². The average molecular weight is 585 g/mol. The lowest BCUT2D eigenvalue weighted by Crippen LogP contribution is -2.17. The highest BCUT2D eigenvalue weighted by atomic mass is 32.2. The second-order valence-electron chi connectivity index (χ2n) is 10.0. The molecule has 0 aliphatic heterocycles. The van der Waals surface area contributed by atoms with Gasteiger partial charge in [0.1, 0.15) is 17.4 Å². The number of aromatic amines is 1. The van der Waals surface area contributed by atoms with Crippen LogP contribution in [0, 0.1) is 13.8 Å². The number of nitrogens with one attached hydrogen (secondary N) is 3. The number of pyridine rings is 1. The molecule has 10 nitrogen and oxygen atoms in total. The summed E-state index contributed by atoms with van der Waals surface area (Å²) < 4.78 is 33.5. The molecule has 0 fully saturated rings. The van der Waals surface area contributed by atoms with Crippen LogP contribution in [0.15, 0.2) is 77.7 Å². The Bertz CT molecular complexity index is 1880. The smallest absolute Gasteiger partial charge is 0.263 e. The van der Waals surface area contributed by atoms with Crippen LogP contribution in [-0.2, 0) is 10.0 Å². The van der Waals surface area contributed by atoms with Gasteiger partial charge in [-0.05, 0) is 93.1 Å². The molecule has 5 rings (SSSR count). The summed E-state index contributed by atoms with van der Waals surface area (Å²) in [6.07, 6.45) is 0. The summed E-state index contributed by atoms with van der Waals surface area (Å²) in [5, 5.41) is 2.93. The number of nitrogens with zero attached hydrogens (tertiary/aromatic N) is 3. The van der Waals surface area contributed by atoms with Crippen molar-refractivity contribution in [2.75, 3.05) is 35.6 Å². The molecule has 3 aromatic carbocycles. The molecular formula is C31H32N6O4S. The maximum atomic E-state index is 13.2. The molecule has 2 aromatic heterocycles. The lowest BCUT2D eigenvalue weighted by Gasteiger charge is -2.12. The lowest BCUT2D eigenvalue weighted by atomic mass is 10.1. The first-order valence-electron chi connectivity index (χ1n) is 13.4. The fourth-order valence-electron chi connectivity index (χ4n) is 4.49. The van der Waals surface area contributed by atoms with E-state index in [-0.39, 0.29) is 16.6 Å². The summed E-state index contributed by atoms with van der Waals surface area (Å²) >= 11 is 0. The Balaban J connectivity index is 1.33. The lowest BCUT2D eigenvalue weighted by molar-refractivity contribution is 0.102. The van der Waals surface area contributed by atoms with Crippen LogP contribution in [0.5, 0.6) is 5.75 Å². The van der Waals surface area contributed by atoms with Crippen LogP contribution < -0.4 is 19.7 Å². The molecule has 0 aliphatic carbocycles. The molecule has 42 heavy (non-hydrogen) atoms. The summed E-state index contributed by atoms with van der Waals surface area (Å²) in [5.41, 5.74) is 5.99. The van der Waals surface area contributed by atoms with E-state index in [2.05, 4.69) is 20.0 Å². The minimum absolute atomic E-state index is 0.0741. The molecule has 0 saturated heterocycles. The number of H-pyrrole nitrogens is 1. The molecule has 0 radical (unpaired) electrons. The molecule has 216 valence electrons. The van der Waals surface area contributed by atoms with Gasteiger partial charge >= 0.3 is 0 Å². The van der Waals surface area contributed by atoms with Gasteiger partial charge in [-0.15, -0.1) is 0 Å². The summed E-state index contributed by atoms with van der Waals surface area (Å²) in [6.45, 7) is 5.98. The van der Waals surface area contributed by atoms with E-state index in [0.717, 1.165) is 27.8 Å². The first kappa shape index (κ1) is 28.6. The van der Waals surface area contributed by atoms with Crippen LogP contribution in [0.1, 0.15) is 28.5 Å². The zero-order valence-electron chi connectivity index (χ0n) is 24.0. The Morgan fingerprint density at radius 2 is 1.71 bits per heavy atom. The molecule has 0 unspecified atom stereocenters. The first-order chi connectivity index (χ1) is 20.0. The number of imidazole rings is 1. The Hall–Kier alpha value is -4.90. The van der Waals surface area contributed by atoms with Gasteiger partial charge in [0.2, 0.25) is 0 Å². The van der Waals surface area contributed by atoms with Crippen LogP contribution in [0.25, 0.3) is 22.4 Å². The molecule has 0 spiro atoms. The molecule has 3 N–H and O–H groups in total. The third-order valence-corrected chi connectivity index (χ3v) is 8.12. The van der Waals surface area contributed by atoms with Crippen molar-refractivity contribution in [3.63, 3.8) is 0 Å². The number of sulfonamides is 1. The number of carbonyl (C=O) groups excluding carboxylic acids is 1. The maximum Gasteiger partial charge on any atom is 0.263 e. The van der Waals surface area contributed by atoms with Crippen LogP contribution in [0.2, 0.25) is 0 Å². The zero-order valence-corrected chi connectivity index (χ0v) is 24.8. The number of aryl methyl sites for hydroxylation is 2. The van der Waals surface area contributed by atoms with Crippen molar-refractivity contribution >= 4 is 44.2 Å². The largest absolute Gasteiger partial charge is 0.494 e. The maximum absolute atomic E-state index is 13.2. The Morgan fingerprint density at radius 1 is 0.952 bits per heavy atom. The van der Waals surface area contributed by atoms with Gasteiger partial charge in [-0.1, -0.05) is 6.07 Å². The van der Waals surface area contributed by atoms with Gasteiger partial charge in [0, 0.05) is 31.0 Å².